The predicted octanol–water partition coefficient (Wildman–Crippen LogP) is -1.90. The van der Waals surface area contributed by atoms with Gasteiger partial charge in [0.05, 0.1) is 18.3 Å². The van der Waals surface area contributed by atoms with Gasteiger partial charge in [0.25, 0.3) is 0 Å². The molecule has 0 spiro atoms. The van der Waals surface area contributed by atoms with Gasteiger partial charge in [-0.3, -0.25) is 4.68 Å². The van der Waals surface area contributed by atoms with Crippen LogP contribution < -0.4 is 35.0 Å². The molecule has 0 saturated carbocycles. The zero-order chi connectivity index (χ0) is 13.1. The number of hydrogen-bond acceptors (Lipinski definition) is 5. The molecule has 19 heavy (non-hydrogen) atoms. The topological polar surface area (TPSA) is 112 Å². The molecule has 9 heteroatoms. The van der Waals surface area contributed by atoms with Crippen molar-refractivity contribution in [2.75, 3.05) is 0 Å². The summed E-state index contributed by atoms with van der Waals surface area (Å²) in [6.45, 7) is 2.08. The van der Waals surface area contributed by atoms with Crippen molar-refractivity contribution < 1.29 is 39.6 Å². The van der Waals surface area contributed by atoms with Crippen molar-refractivity contribution in [3.63, 3.8) is 0 Å². The minimum Gasteiger partial charge on any atom is -0.737 e. The van der Waals surface area contributed by atoms with E-state index in [9.17, 15) is 15.5 Å². The van der Waals surface area contributed by atoms with E-state index < -0.39 is 0 Å². The molecule has 0 bridgehead atoms. The van der Waals surface area contributed by atoms with Crippen LogP contribution in [0, 0.1) is 10.4 Å². The molecular formula is C10H12N5NaO3. The summed E-state index contributed by atoms with van der Waals surface area (Å²) >= 11 is 0. The number of benzene rings is 1. The number of nitrogens with zero attached hydrogens (tertiary/aromatic N) is 4. The zero-order valence-electron chi connectivity index (χ0n) is 10.6. The Kier molecular flexibility index (Phi) is 5.40. The van der Waals surface area contributed by atoms with Gasteiger partial charge in [0.2, 0.25) is 0 Å². The number of hydrazine groups is 1. The first-order valence-corrected chi connectivity index (χ1v) is 5.31. The van der Waals surface area contributed by atoms with Gasteiger partial charge in [-0.1, -0.05) is 0 Å². The Bertz CT molecular complexity index is 586. The number of fused-ring (bicyclic) bond motifs is 1. The summed E-state index contributed by atoms with van der Waals surface area (Å²) in [5.41, 5.74) is 3.07. The molecule has 0 saturated heterocycles. The number of rotatable bonds is 4. The third-order valence-electron chi connectivity index (χ3n) is 2.48. The second-order valence-electron chi connectivity index (χ2n) is 3.95. The Hall–Kier alpha value is -1.51. The molecule has 0 unspecified atom stereocenters. The fourth-order valence-corrected chi connectivity index (χ4v) is 1.72. The fourth-order valence-electron chi connectivity index (χ4n) is 1.72. The summed E-state index contributed by atoms with van der Waals surface area (Å²) in [6, 6.07) is 4.58. The molecule has 0 radical (unpaired) electrons. The van der Waals surface area contributed by atoms with Gasteiger partial charge in [0.1, 0.15) is 11.8 Å². The minimum atomic E-state index is -0.328. The molecule has 0 aliphatic rings. The van der Waals surface area contributed by atoms with Crippen molar-refractivity contribution in [3.05, 3.63) is 34.8 Å². The molecule has 8 nitrogen and oxygen atoms in total. The van der Waals surface area contributed by atoms with Crippen LogP contribution in [0.15, 0.2) is 29.7 Å². The van der Waals surface area contributed by atoms with Crippen molar-refractivity contribution in [1.82, 2.24) is 15.2 Å². The second kappa shape index (κ2) is 6.60. The first-order valence-electron chi connectivity index (χ1n) is 5.31. The van der Waals surface area contributed by atoms with E-state index in [1.165, 1.54) is 0 Å². The van der Waals surface area contributed by atoms with Gasteiger partial charge < -0.3 is 15.5 Å². The Morgan fingerprint density at radius 2 is 2.32 bits per heavy atom. The predicted molar refractivity (Wildman–Crippen MR) is 63.4 cm³/mol. The van der Waals surface area contributed by atoms with E-state index >= 15 is 0 Å². The second-order valence-corrected chi connectivity index (χ2v) is 3.95. The van der Waals surface area contributed by atoms with Crippen LogP contribution in [0.3, 0.4) is 0 Å². The molecule has 0 amide bonds. The van der Waals surface area contributed by atoms with E-state index in [1.54, 1.807) is 36.0 Å². The van der Waals surface area contributed by atoms with Crippen LogP contribution in [0.5, 0.6) is 5.75 Å². The molecule has 1 aromatic carbocycles. The minimum absolute atomic E-state index is 0. The number of phenols is 1. The Morgan fingerprint density at radius 3 is 3.00 bits per heavy atom. The molecule has 0 fully saturated rings. The van der Waals surface area contributed by atoms with Crippen LogP contribution >= 0.6 is 0 Å². The van der Waals surface area contributed by atoms with Gasteiger partial charge in [-0.2, -0.15) is 10.5 Å². The van der Waals surface area contributed by atoms with Crippen molar-refractivity contribution in [1.29, 1.82) is 0 Å². The van der Waals surface area contributed by atoms with E-state index in [-0.39, 0.29) is 46.3 Å². The van der Waals surface area contributed by atoms with Crippen molar-refractivity contribution >= 4 is 10.9 Å². The molecule has 0 aliphatic carbocycles. The van der Waals surface area contributed by atoms with E-state index in [4.69, 9.17) is 0 Å². The molecule has 2 N–H and O–H groups in total. The first-order chi connectivity index (χ1) is 8.60. The molecule has 1 atom stereocenters. The van der Waals surface area contributed by atoms with E-state index in [1.807, 2.05) is 0 Å². The first kappa shape index (κ1) is 15.5. The van der Waals surface area contributed by atoms with Gasteiger partial charge in [-0.15, -0.1) is 0 Å². The summed E-state index contributed by atoms with van der Waals surface area (Å²) in [6.07, 6.45) is 1.66. The summed E-state index contributed by atoms with van der Waals surface area (Å²) in [5, 5.41) is 37.3. The number of nitrogens with one attached hydrogen (secondary N) is 1. The van der Waals surface area contributed by atoms with E-state index in [0.29, 0.717) is 6.54 Å². The van der Waals surface area contributed by atoms with Crippen LogP contribution in [0.1, 0.15) is 6.92 Å². The maximum absolute atomic E-state index is 10.7. The van der Waals surface area contributed by atoms with Crippen LogP contribution in [0.25, 0.3) is 10.9 Å². The smallest absolute Gasteiger partial charge is 0.737 e. The molecular weight excluding hydrogens is 261 g/mol. The Labute approximate surface area is 131 Å². The van der Waals surface area contributed by atoms with Crippen molar-refractivity contribution in [2.45, 2.75) is 19.5 Å². The number of phenolic OH excluding ortho intramolecular Hbond substituents is 1. The molecule has 0 aliphatic heterocycles. The third-order valence-corrected chi connectivity index (χ3v) is 2.48. The number of aromatic hydroxyl groups is 1. The monoisotopic (exact) mass is 273 g/mol. The fraction of sp³-hybridized carbons (Fsp3) is 0.300. The summed E-state index contributed by atoms with van der Waals surface area (Å²) in [7, 11) is 0. The number of aromatic nitrogens is 2. The Morgan fingerprint density at radius 1 is 1.58 bits per heavy atom. The summed E-state index contributed by atoms with van der Waals surface area (Å²) in [4.78, 5) is -0.131. The SMILES string of the molecule is C[C@@H](Cn1ncc2ccc(O)cc21)N/[N+]([O-])=N/[O-].[Na+]. The Balaban J connectivity index is 0.00000180. The van der Waals surface area contributed by atoms with E-state index in [2.05, 4.69) is 15.8 Å². The molecule has 1 heterocycles. The molecule has 96 valence electrons. The average Bonchev–Trinajstić information content (AvgIpc) is 2.71. The van der Waals surface area contributed by atoms with Gasteiger partial charge in [-0.05, 0) is 24.3 Å². The molecule has 2 aromatic rings. The summed E-state index contributed by atoms with van der Waals surface area (Å²) < 4.78 is 1.63. The van der Waals surface area contributed by atoms with E-state index in [0.717, 1.165) is 10.9 Å². The number of hydrogen-bond donors (Lipinski definition) is 2. The van der Waals surface area contributed by atoms with Gasteiger partial charge >= 0.3 is 29.6 Å². The van der Waals surface area contributed by atoms with Crippen LogP contribution in [0.4, 0.5) is 0 Å². The largest absolute Gasteiger partial charge is 1.00 e. The van der Waals surface area contributed by atoms with Crippen molar-refractivity contribution in [2.24, 2.45) is 5.28 Å². The summed E-state index contributed by atoms with van der Waals surface area (Å²) in [5.74, 6) is 0.143. The molecule has 2 rings (SSSR count). The van der Waals surface area contributed by atoms with Crippen LogP contribution in [-0.2, 0) is 6.54 Å². The van der Waals surface area contributed by atoms with Gasteiger partial charge in [-0.25, -0.2) is 0 Å². The normalized spacial score (nSPS) is 13.0. The van der Waals surface area contributed by atoms with Gasteiger partial charge in [0, 0.05) is 16.4 Å². The maximum atomic E-state index is 10.7. The third kappa shape index (κ3) is 3.72. The molecule has 1 aromatic heterocycles. The van der Waals surface area contributed by atoms with Crippen molar-refractivity contribution in [3.8, 4) is 5.75 Å². The standard InChI is InChI=1S/C10H13N5O3.Na/c1-7(12-15(18)13-17)6-14-10-4-9(16)3-2-8(10)5-11-14;/h2-5,7,16-17H,6H2,1H3,(H,12,13);/q;+1/p-1/t7-;/m0./s1. The van der Waals surface area contributed by atoms with Crippen LogP contribution in [0.2, 0.25) is 0 Å². The van der Waals surface area contributed by atoms with Gasteiger partial charge in [0.15, 0.2) is 0 Å². The van der Waals surface area contributed by atoms with Crippen LogP contribution in [-0.4, -0.2) is 25.9 Å². The zero-order valence-corrected chi connectivity index (χ0v) is 12.6. The average molecular weight is 273 g/mol. The maximum Gasteiger partial charge on any atom is 1.00 e. The quantitative estimate of drug-likeness (QED) is 0.292.